The van der Waals surface area contributed by atoms with Gasteiger partial charge in [-0.15, -0.1) is 11.3 Å². The number of carbonyl (C=O) groups excluding carboxylic acids is 4. The van der Waals surface area contributed by atoms with Crippen LogP contribution in [0.2, 0.25) is 0 Å². The number of likely N-dealkylation sites (tertiary alicyclic amines) is 1. The van der Waals surface area contributed by atoms with Crippen LogP contribution in [0, 0.1) is 29.1 Å². The summed E-state index contributed by atoms with van der Waals surface area (Å²) < 4.78 is 15.0. The Bertz CT molecular complexity index is 2550. The molecule has 1 aromatic carbocycles. The average Bonchev–Trinajstić information content (AvgIpc) is 4.16. The first-order valence-electron chi connectivity index (χ1n) is 23.0. The third-order valence-corrected chi connectivity index (χ3v) is 15.4. The summed E-state index contributed by atoms with van der Waals surface area (Å²) in [4.78, 5) is 69.4. The minimum atomic E-state index is -1.26. The van der Waals surface area contributed by atoms with Gasteiger partial charge < -0.3 is 34.3 Å². The monoisotopic (exact) mass is 904 g/mol. The average molecular weight is 905 g/mol. The number of aliphatic hydroxyl groups is 1. The van der Waals surface area contributed by atoms with E-state index in [1.54, 1.807) is 37.1 Å². The number of hydrogen-bond donors (Lipinski definition) is 3. The number of nitrogens with zero attached hydrogens (tertiary/aromatic N) is 6. The van der Waals surface area contributed by atoms with Crippen molar-refractivity contribution in [3.05, 3.63) is 58.2 Å². The molecular weight excluding hydrogens is 845 g/mol. The highest BCUT2D eigenvalue weighted by Gasteiger charge is 2.48. The Morgan fingerprint density at radius 2 is 1.92 bits per heavy atom. The first kappa shape index (κ1) is 45.0. The van der Waals surface area contributed by atoms with Crippen LogP contribution in [0.4, 0.5) is 0 Å². The van der Waals surface area contributed by atoms with Gasteiger partial charge in [0.25, 0.3) is 11.8 Å². The van der Waals surface area contributed by atoms with E-state index in [9.17, 15) is 24.3 Å². The van der Waals surface area contributed by atoms with Gasteiger partial charge in [0.05, 0.1) is 40.7 Å². The van der Waals surface area contributed by atoms with E-state index >= 15 is 0 Å². The number of aryl methyl sites for hydroxylation is 1. The molecule has 6 heterocycles. The van der Waals surface area contributed by atoms with Crippen molar-refractivity contribution in [2.45, 2.75) is 109 Å². The molecule has 7 atom stereocenters. The standard InChI is InChI=1S/C49H60N8O7S/c1-7-12-38(58)56-22-19-30(25-56)46(60)55(5)42(28-13-8-9-14-28)45(59)52-34-24-37-51-35(26-65-37)29-17-18-36-32(23-29)39-40(44(63-6)41-31(15-10-20-50-41)43(39)54(36)4)49(2,3)27-64-48(62)33-16-11-21-57(53-33)47(34)61/h10,15,17-18,20,23,26,28,30,33-34,40,42,44,48,53,62H,8-9,11,13-14,16,19,21-22,24-25,27H2,1-6H3,(H,52,59)/t30-,33-,34-,40?,42-,44-,48?/m0/s1. The van der Waals surface area contributed by atoms with Gasteiger partial charge in [-0.25, -0.2) is 10.4 Å². The topological polar surface area (TPSA) is 171 Å². The first-order valence-corrected chi connectivity index (χ1v) is 23.9. The third-order valence-electron chi connectivity index (χ3n) is 14.5. The number of amides is 4. The number of methoxy groups -OCH3 is 1. The quantitative estimate of drug-likeness (QED) is 0.226. The van der Waals surface area contributed by atoms with Crippen molar-refractivity contribution in [1.82, 2.24) is 40.1 Å². The van der Waals surface area contributed by atoms with E-state index in [2.05, 4.69) is 72.3 Å². The van der Waals surface area contributed by atoms with E-state index in [-0.39, 0.29) is 49.1 Å². The number of aliphatic hydroxyl groups excluding tert-OH is 1. The fourth-order valence-corrected chi connectivity index (χ4v) is 12.1. The number of rotatable bonds is 6. The van der Waals surface area contributed by atoms with Crippen LogP contribution < -0.4 is 10.7 Å². The van der Waals surface area contributed by atoms with Crippen molar-refractivity contribution in [2.75, 3.05) is 40.4 Å². The number of nitrogens with one attached hydrogen (secondary N) is 2. The summed E-state index contributed by atoms with van der Waals surface area (Å²) in [5.41, 5.74) is 9.44. The van der Waals surface area contributed by atoms with Gasteiger partial charge >= 0.3 is 0 Å². The molecule has 3 fully saturated rings. The predicted octanol–water partition coefficient (Wildman–Crippen LogP) is 4.94. The number of fused-ring (bicyclic) bond motifs is 8. The van der Waals surface area contributed by atoms with E-state index < -0.39 is 47.8 Å². The molecule has 4 amide bonds. The molecule has 2 aliphatic carbocycles. The van der Waals surface area contributed by atoms with E-state index in [0.717, 1.165) is 70.4 Å². The largest absolute Gasteiger partial charge is 0.374 e. The Morgan fingerprint density at radius 3 is 2.69 bits per heavy atom. The Balaban J connectivity index is 1.08. The zero-order chi connectivity index (χ0) is 45.7. The fraction of sp³-hybridized carbons (Fsp3) is 0.551. The molecule has 2 unspecified atom stereocenters. The number of thiazole rings is 1. The van der Waals surface area contributed by atoms with Crippen LogP contribution in [0.25, 0.3) is 33.4 Å². The molecule has 1 saturated carbocycles. The van der Waals surface area contributed by atoms with Crippen molar-refractivity contribution in [3.63, 3.8) is 0 Å². The highest BCUT2D eigenvalue weighted by molar-refractivity contribution is 7.10. The normalized spacial score (nSPS) is 25.9. The Morgan fingerprint density at radius 1 is 1.12 bits per heavy atom. The van der Waals surface area contributed by atoms with Gasteiger partial charge in [0.15, 0.2) is 6.29 Å². The number of carbonyl (C=O) groups is 4. The van der Waals surface area contributed by atoms with Gasteiger partial charge in [0.1, 0.15) is 18.2 Å². The van der Waals surface area contributed by atoms with E-state index in [0.29, 0.717) is 37.4 Å². The SMILES string of the molecule is CC#CC(=O)N1CC[C@H](C(=O)N(C)[C@H](C(=O)N[C@H]2Cc3nc(cs3)-c3ccc4c(c3)c3c(n4C)-c4cccnc4[C@@H](OC)C3C(C)(C)COC(O)[C@@H]3CCCN(N3)C2=O)C2CCCC2)C1. The van der Waals surface area contributed by atoms with Crippen LogP contribution in [0.5, 0.6) is 0 Å². The van der Waals surface area contributed by atoms with Crippen LogP contribution in [0.15, 0.2) is 41.9 Å². The number of likely N-dealkylation sites (N-methyl/N-ethyl adjacent to an activating group) is 1. The Kier molecular flexibility index (Phi) is 12.6. The van der Waals surface area contributed by atoms with Gasteiger partial charge in [0, 0.05) is 86.8 Å². The summed E-state index contributed by atoms with van der Waals surface area (Å²) in [7, 11) is 5.47. The molecular formula is C49H60N8O7S. The maximum absolute atomic E-state index is 14.8. The molecule has 4 aromatic rings. The smallest absolute Gasteiger partial charge is 0.298 e. The van der Waals surface area contributed by atoms with Gasteiger partial charge in [-0.1, -0.05) is 38.7 Å². The predicted molar refractivity (Wildman–Crippen MR) is 246 cm³/mol. The third kappa shape index (κ3) is 8.35. The van der Waals surface area contributed by atoms with Crippen molar-refractivity contribution >= 4 is 45.9 Å². The number of benzene rings is 1. The molecule has 16 heteroatoms. The molecule has 65 heavy (non-hydrogen) atoms. The molecule has 3 aromatic heterocycles. The second kappa shape index (κ2) is 18.2. The number of aromatic nitrogens is 3. The molecule has 3 aliphatic heterocycles. The van der Waals surface area contributed by atoms with E-state index in [4.69, 9.17) is 19.4 Å². The maximum atomic E-state index is 14.8. The summed E-state index contributed by atoms with van der Waals surface area (Å²) in [5.74, 6) is 3.18. The van der Waals surface area contributed by atoms with Gasteiger partial charge in [-0.05, 0) is 86.1 Å². The molecule has 9 rings (SSSR count). The van der Waals surface area contributed by atoms with E-state index in [1.807, 2.05) is 11.4 Å². The second-order valence-corrected chi connectivity index (χ2v) is 20.1. The number of hydrogen-bond acceptors (Lipinski definition) is 11. The van der Waals surface area contributed by atoms with Gasteiger partial charge in [-0.2, -0.15) is 0 Å². The fourth-order valence-electron chi connectivity index (χ4n) is 11.3. The molecule has 3 N–H and O–H groups in total. The van der Waals surface area contributed by atoms with E-state index in [1.165, 1.54) is 16.3 Å². The van der Waals surface area contributed by atoms with Crippen LogP contribution in [-0.4, -0.2) is 123 Å². The summed E-state index contributed by atoms with van der Waals surface area (Å²) >= 11 is 1.43. The Labute approximate surface area is 384 Å². The highest BCUT2D eigenvalue weighted by atomic mass is 32.1. The van der Waals surface area contributed by atoms with Crippen molar-refractivity contribution in [2.24, 2.45) is 24.3 Å². The molecule has 344 valence electrons. The molecule has 5 aliphatic rings. The van der Waals surface area contributed by atoms with Crippen molar-refractivity contribution in [3.8, 4) is 34.4 Å². The number of pyridine rings is 1. The zero-order valence-corrected chi connectivity index (χ0v) is 39.0. The summed E-state index contributed by atoms with van der Waals surface area (Å²) in [5, 5.41) is 20.1. The van der Waals surface area contributed by atoms with Crippen LogP contribution in [0.3, 0.4) is 0 Å². The first-order chi connectivity index (χ1) is 31.3. The summed E-state index contributed by atoms with van der Waals surface area (Å²) in [6.45, 7) is 7.08. The van der Waals surface area contributed by atoms with Crippen LogP contribution >= 0.6 is 11.3 Å². The lowest BCUT2D eigenvalue weighted by molar-refractivity contribution is -0.168. The van der Waals surface area contributed by atoms with Crippen molar-refractivity contribution < 1.29 is 33.8 Å². The van der Waals surface area contributed by atoms with Crippen LogP contribution in [-0.2, 0) is 42.1 Å². The highest BCUT2D eigenvalue weighted by Crippen LogP contribution is 2.57. The lowest BCUT2D eigenvalue weighted by Crippen LogP contribution is -2.63. The second-order valence-electron chi connectivity index (χ2n) is 19.1. The molecule has 6 bridgehead atoms. The van der Waals surface area contributed by atoms with Gasteiger partial charge in [-0.3, -0.25) is 29.2 Å². The lowest BCUT2D eigenvalue weighted by Gasteiger charge is -2.43. The molecule has 0 spiro atoms. The minimum absolute atomic E-state index is 0.0916. The molecule has 15 nitrogen and oxygen atoms in total. The Hall–Kier alpha value is -5.18. The number of ether oxygens (including phenoxy) is 2. The minimum Gasteiger partial charge on any atom is -0.374 e. The lowest BCUT2D eigenvalue weighted by atomic mass is 9.67. The summed E-state index contributed by atoms with van der Waals surface area (Å²) in [6, 6.07) is 7.97. The van der Waals surface area contributed by atoms with Crippen molar-refractivity contribution in [1.29, 1.82) is 0 Å². The zero-order valence-electron chi connectivity index (χ0n) is 38.1. The van der Waals surface area contributed by atoms with Crippen LogP contribution in [0.1, 0.15) is 94.0 Å². The maximum Gasteiger partial charge on any atom is 0.298 e. The summed E-state index contributed by atoms with van der Waals surface area (Å²) in [6.07, 6.45) is 5.34. The van der Waals surface area contributed by atoms with Gasteiger partial charge in [0.2, 0.25) is 11.8 Å². The molecule has 0 radical (unpaired) electrons. The number of hydrazine groups is 1. The molecule has 2 saturated heterocycles.